The first-order chi connectivity index (χ1) is 25.9. The molecule has 0 saturated carbocycles. The molecule has 0 aromatic heterocycles. The van der Waals surface area contributed by atoms with E-state index < -0.39 is 18.0 Å². The Morgan fingerprint density at radius 2 is 0.792 bits per heavy atom. The van der Waals surface area contributed by atoms with Crippen LogP contribution in [0.3, 0.4) is 0 Å². The van der Waals surface area contributed by atoms with Crippen LogP contribution < -0.4 is 10.6 Å². The molecule has 0 radical (unpaired) electrons. The van der Waals surface area contributed by atoms with E-state index >= 15 is 0 Å². The third kappa shape index (κ3) is 40.6. The average molecular weight is 767 g/mol. The van der Waals surface area contributed by atoms with Crippen LogP contribution in [0.2, 0.25) is 0 Å². The minimum atomic E-state index is -1.16. The summed E-state index contributed by atoms with van der Waals surface area (Å²) < 4.78 is 37.5. The van der Waals surface area contributed by atoms with Gasteiger partial charge in [-0.3, -0.25) is 14.4 Å². The molecule has 16 heteroatoms. The molecular formula is C37H70N2O14. The van der Waals surface area contributed by atoms with Crippen molar-refractivity contribution >= 4 is 23.8 Å². The predicted molar refractivity (Wildman–Crippen MR) is 197 cm³/mol. The van der Waals surface area contributed by atoms with Crippen LogP contribution in [-0.2, 0) is 52.3 Å². The molecule has 1 atom stereocenters. The molecule has 0 bridgehead atoms. The maximum Gasteiger partial charge on any atom is 0.326 e. The Labute approximate surface area is 316 Å². The van der Waals surface area contributed by atoms with Crippen LogP contribution in [0, 0.1) is 0 Å². The zero-order chi connectivity index (χ0) is 38.9. The molecule has 0 aliphatic rings. The third-order valence-electron chi connectivity index (χ3n) is 7.87. The second-order valence-corrected chi connectivity index (χ2v) is 12.5. The number of hydrogen-bond donors (Lipinski definition) is 5. The first kappa shape index (κ1) is 50.6. The second kappa shape index (κ2) is 40.7. The molecule has 0 aliphatic carbocycles. The van der Waals surface area contributed by atoms with E-state index in [1.807, 2.05) is 0 Å². The summed E-state index contributed by atoms with van der Waals surface area (Å²) in [4.78, 5) is 46.5. The summed E-state index contributed by atoms with van der Waals surface area (Å²) in [6, 6.07) is -1.11. The number of carbonyl (C=O) groups is 4. The van der Waals surface area contributed by atoms with Crippen LogP contribution in [0.1, 0.15) is 103 Å². The fourth-order valence-corrected chi connectivity index (χ4v) is 4.97. The quantitative estimate of drug-likeness (QED) is 0.0564. The van der Waals surface area contributed by atoms with Crippen molar-refractivity contribution < 1.29 is 67.7 Å². The van der Waals surface area contributed by atoms with Crippen molar-refractivity contribution in [2.75, 3.05) is 106 Å². The van der Waals surface area contributed by atoms with Gasteiger partial charge in [0.25, 0.3) is 0 Å². The second-order valence-electron chi connectivity index (χ2n) is 12.5. The van der Waals surface area contributed by atoms with Crippen molar-refractivity contribution in [3.63, 3.8) is 0 Å². The molecule has 0 aliphatic heterocycles. The topological polar surface area (TPSA) is 218 Å². The zero-order valence-electron chi connectivity index (χ0n) is 32.0. The lowest BCUT2D eigenvalue weighted by molar-refractivity contribution is -0.142. The number of unbranched alkanes of at least 4 members (excludes halogenated alkanes) is 11. The largest absolute Gasteiger partial charge is 0.481 e. The molecule has 53 heavy (non-hydrogen) atoms. The lowest BCUT2D eigenvalue weighted by atomic mass is 10.0. The van der Waals surface area contributed by atoms with Gasteiger partial charge in [-0.05, 0) is 19.3 Å². The Kier molecular flexibility index (Phi) is 38.9. The minimum absolute atomic E-state index is 0.00590. The summed E-state index contributed by atoms with van der Waals surface area (Å²) in [7, 11) is 0. The number of ether oxygens (including phenoxy) is 7. The number of carboxylic acids is 2. The number of nitrogens with one attached hydrogen (secondary N) is 2. The van der Waals surface area contributed by atoms with Crippen molar-refractivity contribution in [2.45, 2.75) is 109 Å². The normalized spacial score (nSPS) is 11.8. The highest BCUT2D eigenvalue weighted by molar-refractivity contribution is 5.84. The number of hydrogen-bond acceptors (Lipinski definition) is 12. The molecule has 0 spiro atoms. The number of aliphatic hydroxyl groups excluding tert-OH is 1. The van der Waals surface area contributed by atoms with E-state index in [0.29, 0.717) is 92.3 Å². The molecule has 312 valence electrons. The fraction of sp³-hybridized carbons (Fsp3) is 0.892. The van der Waals surface area contributed by atoms with Gasteiger partial charge in [-0.2, -0.15) is 0 Å². The number of amides is 2. The smallest absolute Gasteiger partial charge is 0.326 e. The van der Waals surface area contributed by atoms with Gasteiger partial charge in [0.1, 0.15) is 6.04 Å². The summed E-state index contributed by atoms with van der Waals surface area (Å²) in [6.07, 6.45) is 13.0. The number of carboxylic acid groups (broad SMARTS) is 2. The minimum Gasteiger partial charge on any atom is -0.481 e. The van der Waals surface area contributed by atoms with Crippen molar-refractivity contribution in [2.24, 2.45) is 0 Å². The van der Waals surface area contributed by atoms with Gasteiger partial charge < -0.3 is 59.1 Å². The molecule has 16 nitrogen and oxygen atoms in total. The SMILES string of the molecule is O=C(O)CCCCCCCCCCCCCCC(=O)N[C@@H](CCC(=O)NCCOCCOCCOCCOCCOCCOCCOCCO)C(=O)O. The Balaban J connectivity index is 3.53. The van der Waals surface area contributed by atoms with Crippen molar-refractivity contribution in [3.05, 3.63) is 0 Å². The van der Waals surface area contributed by atoms with Crippen LogP contribution in [-0.4, -0.2) is 151 Å². The highest BCUT2D eigenvalue weighted by atomic mass is 16.6. The van der Waals surface area contributed by atoms with Crippen LogP contribution in [0.5, 0.6) is 0 Å². The van der Waals surface area contributed by atoms with E-state index in [0.717, 1.165) is 51.4 Å². The predicted octanol–water partition coefficient (Wildman–Crippen LogP) is 3.11. The highest BCUT2D eigenvalue weighted by Gasteiger charge is 2.20. The number of aliphatic carboxylic acids is 2. The van der Waals surface area contributed by atoms with Crippen molar-refractivity contribution in [3.8, 4) is 0 Å². The molecule has 0 unspecified atom stereocenters. The Morgan fingerprint density at radius 3 is 1.17 bits per heavy atom. The summed E-state index contributed by atoms with van der Waals surface area (Å²) in [5.41, 5.74) is 0. The summed E-state index contributed by atoms with van der Waals surface area (Å²) in [6.45, 7) is 6.15. The third-order valence-corrected chi connectivity index (χ3v) is 7.87. The van der Waals surface area contributed by atoms with E-state index in [4.69, 9.17) is 43.4 Å². The van der Waals surface area contributed by atoms with E-state index in [1.165, 1.54) is 19.3 Å². The van der Waals surface area contributed by atoms with E-state index in [-0.39, 0.29) is 57.3 Å². The van der Waals surface area contributed by atoms with Gasteiger partial charge in [-0.15, -0.1) is 0 Å². The van der Waals surface area contributed by atoms with Crippen LogP contribution >= 0.6 is 0 Å². The Bertz CT molecular complexity index is 867. The molecular weight excluding hydrogens is 696 g/mol. The van der Waals surface area contributed by atoms with Gasteiger partial charge in [0.2, 0.25) is 11.8 Å². The summed E-state index contributed by atoms with van der Waals surface area (Å²) in [5, 5.41) is 31.9. The summed E-state index contributed by atoms with van der Waals surface area (Å²) in [5.74, 6) is -2.50. The van der Waals surface area contributed by atoms with E-state index in [2.05, 4.69) is 10.6 Å². The summed E-state index contributed by atoms with van der Waals surface area (Å²) >= 11 is 0. The molecule has 2 amide bonds. The van der Waals surface area contributed by atoms with Crippen molar-refractivity contribution in [1.82, 2.24) is 10.6 Å². The first-order valence-corrected chi connectivity index (χ1v) is 19.5. The molecule has 5 N–H and O–H groups in total. The van der Waals surface area contributed by atoms with Crippen LogP contribution in [0.4, 0.5) is 0 Å². The number of rotatable bonds is 43. The van der Waals surface area contributed by atoms with Crippen molar-refractivity contribution in [1.29, 1.82) is 0 Å². The van der Waals surface area contributed by atoms with E-state index in [9.17, 15) is 24.3 Å². The number of carbonyl (C=O) groups excluding carboxylic acids is 2. The van der Waals surface area contributed by atoms with Gasteiger partial charge in [0, 0.05) is 25.8 Å². The molecule has 0 aromatic carbocycles. The molecule has 0 fully saturated rings. The van der Waals surface area contributed by atoms with Crippen LogP contribution in [0.15, 0.2) is 0 Å². The van der Waals surface area contributed by atoms with E-state index in [1.54, 1.807) is 0 Å². The first-order valence-electron chi connectivity index (χ1n) is 19.5. The maximum absolute atomic E-state index is 12.3. The van der Waals surface area contributed by atoms with Crippen LogP contribution in [0.25, 0.3) is 0 Å². The molecule has 0 aromatic rings. The fourth-order valence-electron chi connectivity index (χ4n) is 4.97. The lowest BCUT2D eigenvalue weighted by Crippen LogP contribution is -2.41. The molecule has 0 heterocycles. The molecule has 0 rings (SSSR count). The molecule has 0 saturated heterocycles. The lowest BCUT2D eigenvalue weighted by Gasteiger charge is -2.14. The standard InChI is InChI=1S/C37H70N2O14/c40-18-20-48-22-24-50-26-28-52-30-32-53-31-29-51-27-25-49-23-21-47-19-17-38-34(41)16-15-33(37(45)46)39-35(42)13-11-9-7-5-3-1-2-4-6-8-10-12-14-36(43)44/h33,40H,1-32H2,(H,38,41)(H,39,42)(H,43,44)(H,45,46)/t33-/m0/s1. The number of aliphatic hydroxyl groups is 1. The highest BCUT2D eigenvalue weighted by Crippen LogP contribution is 2.13. The zero-order valence-corrected chi connectivity index (χ0v) is 32.0. The maximum atomic E-state index is 12.3. The van der Waals surface area contributed by atoms with Gasteiger partial charge in [0.15, 0.2) is 0 Å². The van der Waals surface area contributed by atoms with Gasteiger partial charge in [-0.1, -0.05) is 64.2 Å². The van der Waals surface area contributed by atoms with Gasteiger partial charge >= 0.3 is 11.9 Å². The average Bonchev–Trinajstić information content (AvgIpc) is 3.13. The Morgan fingerprint density at radius 1 is 0.434 bits per heavy atom. The van der Waals surface area contributed by atoms with Gasteiger partial charge in [-0.25, -0.2) is 4.79 Å². The monoisotopic (exact) mass is 766 g/mol. The Hall–Kier alpha value is -2.44. The van der Waals surface area contributed by atoms with Gasteiger partial charge in [0.05, 0.1) is 99.1 Å².